The van der Waals surface area contributed by atoms with Crippen LogP contribution in [0.3, 0.4) is 0 Å². The molecule has 1 aliphatic rings. The maximum Gasteiger partial charge on any atom is 0.409 e. The predicted molar refractivity (Wildman–Crippen MR) is 78.4 cm³/mol. The maximum absolute atomic E-state index is 12.1. The van der Waals surface area contributed by atoms with Gasteiger partial charge in [0.15, 0.2) is 6.61 Å². The summed E-state index contributed by atoms with van der Waals surface area (Å²) in [4.78, 5) is 13.0. The summed E-state index contributed by atoms with van der Waals surface area (Å²) < 4.78 is 61.2. The van der Waals surface area contributed by atoms with Crippen molar-refractivity contribution in [3.63, 3.8) is 0 Å². The van der Waals surface area contributed by atoms with E-state index in [1.807, 2.05) is 0 Å². The molecule has 0 aromatic rings. The van der Waals surface area contributed by atoms with Gasteiger partial charge in [-0.25, -0.2) is 13.6 Å². The molecule has 2 unspecified atom stereocenters. The van der Waals surface area contributed by atoms with Crippen molar-refractivity contribution in [1.82, 2.24) is 13.9 Å². The Morgan fingerprint density at radius 1 is 1.43 bits per heavy atom. The van der Waals surface area contributed by atoms with Gasteiger partial charge in [0.1, 0.15) is 0 Å². The number of nitrogens with one attached hydrogen (secondary N) is 1. The highest BCUT2D eigenvalue weighted by atomic mass is 32.2. The number of ether oxygens (including phenoxy) is 2. The Morgan fingerprint density at radius 2 is 2.09 bits per heavy atom. The van der Waals surface area contributed by atoms with Crippen LogP contribution in [0.25, 0.3) is 0 Å². The fourth-order valence-corrected chi connectivity index (χ4v) is 3.16. The first-order valence-corrected chi connectivity index (χ1v) is 8.50. The molecule has 0 bridgehead atoms. The highest BCUT2D eigenvalue weighted by molar-refractivity contribution is 7.87. The van der Waals surface area contributed by atoms with Gasteiger partial charge in [-0.3, -0.25) is 0 Å². The lowest BCUT2D eigenvalue weighted by atomic mass is 9.94. The monoisotopic (exact) mass is 359 g/mol. The molecule has 1 saturated heterocycles. The average molecular weight is 359 g/mol. The minimum atomic E-state index is -3.61. The third-order valence-electron chi connectivity index (χ3n) is 3.49. The molecule has 0 radical (unpaired) electrons. The Labute approximate surface area is 134 Å². The van der Waals surface area contributed by atoms with E-state index < -0.39 is 35.4 Å². The molecule has 0 aromatic heterocycles. The molecule has 1 fully saturated rings. The van der Waals surface area contributed by atoms with Crippen molar-refractivity contribution >= 4 is 16.3 Å². The molecule has 8 nitrogen and oxygen atoms in total. The number of nitrogens with zero attached hydrogens (tertiary/aromatic N) is 2. The van der Waals surface area contributed by atoms with Gasteiger partial charge in [-0.05, 0) is 6.42 Å². The predicted octanol–water partition coefficient (Wildman–Crippen LogP) is 0.121. The molecular formula is C12H23F2N3O5S. The maximum atomic E-state index is 12.1. The minimum Gasteiger partial charge on any atom is -0.443 e. The second-order valence-electron chi connectivity index (χ2n) is 5.43. The SMILES string of the molecule is COCC1CN(C(=O)OCC(F)F)CCC1NS(=O)(=O)N(C)C. The van der Waals surface area contributed by atoms with Gasteiger partial charge in [0.05, 0.1) is 6.61 Å². The van der Waals surface area contributed by atoms with Crippen molar-refractivity contribution in [3.05, 3.63) is 0 Å². The molecule has 1 N–H and O–H groups in total. The quantitative estimate of drug-likeness (QED) is 0.698. The number of alkyl halides is 2. The Morgan fingerprint density at radius 3 is 2.61 bits per heavy atom. The average Bonchev–Trinajstić information content (AvgIpc) is 2.46. The van der Waals surface area contributed by atoms with Crippen molar-refractivity contribution in [1.29, 1.82) is 0 Å². The molecule has 0 saturated carbocycles. The fraction of sp³-hybridized carbons (Fsp3) is 0.917. The Kier molecular flexibility index (Phi) is 7.58. The number of methoxy groups -OCH3 is 1. The van der Waals surface area contributed by atoms with Gasteiger partial charge in [0.2, 0.25) is 0 Å². The minimum absolute atomic E-state index is 0.163. The van der Waals surface area contributed by atoms with E-state index in [1.54, 1.807) is 0 Å². The van der Waals surface area contributed by atoms with E-state index in [1.165, 1.54) is 26.1 Å². The summed E-state index contributed by atoms with van der Waals surface area (Å²) in [5.41, 5.74) is 0. The molecule has 2 atom stereocenters. The highest BCUT2D eigenvalue weighted by Gasteiger charge is 2.35. The second-order valence-corrected chi connectivity index (χ2v) is 7.35. The fourth-order valence-electron chi connectivity index (χ4n) is 2.26. The van der Waals surface area contributed by atoms with Crippen molar-refractivity contribution < 1.29 is 31.5 Å². The Bertz CT molecular complexity index is 489. The number of hydrogen-bond acceptors (Lipinski definition) is 5. The van der Waals surface area contributed by atoms with E-state index in [0.717, 1.165) is 4.31 Å². The van der Waals surface area contributed by atoms with Crippen LogP contribution in [0, 0.1) is 5.92 Å². The topological polar surface area (TPSA) is 88.2 Å². The summed E-state index contributed by atoms with van der Waals surface area (Å²) >= 11 is 0. The van der Waals surface area contributed by atoms with Gasteiger partial charge in [0.25, 0.3) is 16.6 Å². The molecule has 0 spiro atoms. The number of carbonyl (C=O) groups is 1. The summed E-state index contributed by atoms with van der Waals surface area (Å²) in [5, 5.41) is 0. The number of amides is 1. The molecular weight excluding hydrogens is 336 g/mol. The summed E-state index contributed by atoms with van der Waals surface area (Å²) in [6.07, 6.45) is -3.22. The van der Waals surface area contributed by atoms with E-state index >= 15 is 0 Å². The lowest BCUT2D eigenvalue weighted by Crippen LogP contribution is -2.55. The Hall–Kier alpha value is -1.04. The number of hydrogen-bond donors (Lipinski definition) is 1. The van der Waals surface area contributed by atoms with Crippen LogP contribution >= 0.6 is 0 Å². The summed E-state index contributed by atoms with van der Waals surface area (Å²) in [5.74, 6) is -0.303. The van der Waals surface area contributed by atoms with E-state index in [2.05, 4.69) is 9.46 Å². The van der Waals surface area contributed by atoms with E-state index in [4.69, 9.17) is 4.74 Å². The third kappa shape index (κ3) is 6.16. The highest BCUT2D eigenvalue weighted by Crippen LogP contribution is 2.20. The first-order chi connectivity index (χ1) is 10.7. The summed E-state index contributed by atoms with van der Waals surface area (Å²) in [6, 6.07) is -0.415. The van der Waals surface area contributed by atoms with Gasteiger partial charge in [-0.1, -0.05) is 0 Å². The third-order valence-corrected chi connectivity index (χ3v) is 5.05. The molecule has 23 heavy (non-hydrogen) atoms. The van der Waals surface area contributed by atoms with Crippen LogP contribution in [0.4, 0.5) is 13.6 Å². The molecule has 1 rings (SSSR count). The lowest BCUT2D eigenvalue weighted by molar-refractivity contribution is 0.0168. The molecule has 11 heteroatoms. The molecule has 0 aromatic carbocycles. The van der Waals surface area contributed by atoms with E-state index in [-0.39, 0.29) is 25.6 Å². The second kappa shape index (κ2) is 8.71. The van der Waals surface area contributed by atoms with Crippen molar-refractivity contribution in [3.8, 4) is 0 Å². The van der Waals surface area contributed by atoms with E-state index in [9.17, 15) is 22.0 Å². The molecule has 1 heterocycles. The van der Waals surface area contributed by atoms with Gasteiger partial charge in [-0.15, -0.1) is 0 Å². The number of rotatable bonds is 7. The zero-order valence-corrected chi connectivity index (χ0v) is 14.2. The first kappa shape index (κ1) is 20.0. The smallest absolute Gasteiger partial charge is 0.409 e. The lowest BCUT2D eigenvalue weighted by Gasteiger charge is -2.38. The van der Waals surface area contributed by atoms with Crippen LogP contribution in [0.5, 0.6) is 0 Å². The number of piperidine rings is 1. The van der Waals surface area contributed by atoms with Crippen LogP contribution < -0.4 is 4.72 Å². The van der Waals surface area contributed by atoms with Crippen LogP contribution in [0.15, 0.2) is 0 Å². The van der Waals surface area contributed by atoms with Crippen molar-refractivity contribution in [2.24, 2.45) is 5.92 Å². The van der Waals surface area contributed by atoms with E-state index in [0.29, 0.717) is 6.42 Å². The zero-order chi connectivity index (χ0) is 17.6. The first-order valence-electron chi connectivity index (χ1n) is 7.06. The summed E-state index contributed by atoms with van der Waals surface area (Å²) in [6.45, 7) is -0.361. The van der Waals surface area contributed by atoms with Crippen LogP contribution in [0.2, 0.25) is 0 Å². The molecule has 1 aliphatic heterocycles. The normalized spacial score (nSPS) is 22.7. The number of carbonyl (C=O) groups excluding carboxylic acids is 1. The molecule has 0 aliphatic carbocycles. The number of halogens is 2. The zero-order valence-electron chi connectivity index (χ0n) is 13.4. The van der Waals surface area contributed by atoms with Gasteiger partial charge in [-0.2, -0.15) is 17.4 Å². The van der Waals surface area contributed by atoms with Gasteiger partial charge in [0, 0.05) is 46.3 Å². The van der Waals surface area contributed by atoms with Crippen LogP contribution in [-0.2, 0) is 19.7 Å². The molecule has 136 valence electrons. The Balaban J connectivity index is 2.68. The molecule has 1 amide bonds. The summed E-state index contributed by atoms with van der Waals surface area (Å²) in [7, 11) is 0.664. The largest absolute Gasteiger partial charge is 0.443 e. The van der Waals surface area contributed by atoms with Gasteiger partial charge < -0.3 is 14.4 Å². The van der Waals surface area contributed by atoms with Crippen molar-refractivity contribution in [2.75, 3.05) is 47.5 Å². The van der Waals surface area contributed by atoms with Crippen LogP contribution in [-0.4, -0.2) is 83.7 Å². The standard InChI is InChI=1S/C12H23F2N3O5S/c1-16(2)23(19,20)15-10-4-5-17(6-9(10)7-21-3)12(18)22-8-11(13)14/h9-11,15H,4-8H2,1-3H3. The van der Waals surface area contributed by atoms with Gasteiger partial charge >= 0.3 is 6.09 Å². The number of likely N-dealkylation sites (tertiary alicyclic amines) is 1. The van der Waals surface area contributed by atoms with Crippen molar-refractivity contribution in [2.45, 2.75) is 18.9 Å². The van der Waals surface area contributed by atoms with Crippen LogP contribution in [0.1, 0.15) is 6.42 Å².